The molecule has 0 atom stereocenters. The Labute approximate surface area is 118 Å². The van der Waals surface area contributed by atoms with E-state index in [2.05, 4.69) is 6.08 Å². The molecule has 0 saturated heterocycles. The zero-order valence-corrected chi connectivity index (χ0v) is 12.5. The van der Waals surface area contributed by atoms with Crippen molar-refractivity contribution in [3.05, 3.63) is 12.3 Å². The Morgan fingerprint density at radius 1 is 0.947 bits per heavy atom. The lowest BCUT2D eigenvalue weighted by Crippen LogP contribution is -2.37. The second kappa shape index (κ2) is 10.3. The highest BCUT2D eigenvalue weighted by atomic mass is 16.5. The quantitative estimate of drug-likeness (QED) is 0.589. The van der Waals surface area contributed by atoms with Crippen molar-refractivity contribution in [2.75, 3.05) is 19.8 Å². The number of ether oxygens (including phenoxy) is 2. The van der Waals surface area contributed by atoms with Crippen molar-refractivity contribution in [3.8, 4) is 0 Å². The molecule has 3 nitrogen and oxygen atoms in total. The summed E-state index contributed by atoms with van der Waals surface area (Å²) in [5.41, 5.74) is 6.33. The molecular formula is C16H31NO2. The molecule has 3 heteroatoms. The molecule has 0 aromatic rings. The summed E-state index contributed by atoms with van der Waals surface area (Å²) in [6, 6.07) is 0. The highest BCUT2D eigenvalue weighted by Crippen LogP contribution is 2.24. The highest BCUT2D eigenvalue weighted by Gasteiger charge is 2.21. The summed E-state index contributed by atoms with van der Waals surface area (Å²) in [7, 11) is 0. The van der Waals surface area contributed by atoms with Gasteiger partial charge in [-0.3, -0.25) is 0 Å². The van der Waals surface area contributed by atoms with E-state index in [0.717, 1.165) is 19.4 Å². The van der Waals surface area contributed by atoms with Gasteiger partial charge in [-0.25, -0.2) is 0 Å². The summed E-state index contributed by atoms with van der Waals surface area (Å²) in [5, 5.41) is 0. The van der Waals surface area contributed by atoms with Crippen LogP contribution >= 0.6 is 0 Å². The Bertz CT molecular complexity index is 231. The molecule has 0 radical (unpaired) electrons. The Kier molecular flexibility index (Phi) is 8.93. The van der Waals surface area contributed by atoms with E-state index in [1.165, 1.54) is 44.9 Å². The molecule has 0 aromatic heterocycles. The molecule has 0 unspecified atom stereocenters. The number of hydrogen-bond donors (Lipinski definition) is 1. The summed E-state index contributed by atoms with van der Waals surface area (Å²) in [6.07, 6.45) is 15.3. The van der Waals surface area contributed by atoms with Gasteiger partial charge in [-0.2, -0.15) is 0 Å². The molecular weight excluding hydrogens is 238 g/mol. The van der Waals surface area contributed by atoms with Gasteiger partial charge in [-0.05, 0) is 25.8 Å². The zero-order valence-electron chi connectivity index (χ0n) is 12.5. The first-order valence-corrected chi connectivity index (χ1v) is 7.93. The molecule has 2 N–H and O–H groups in total. The maximum atomic E-state index is 6.49. The summed E-state index contributed by atoms with van der Waals surface area (Å²) in [6.45, 7) is 4.00. The fraction of sp³-hybridized carbons (Fsp3) is 0.875. The van der Waals surface area contributed by atoms with E-state index in [1.807, 2.05) is 6.92 Å². The molecule has 1 aliphatic carbocycles. The van der Waals surface area contributed by atoms with E-state index in [9.17, 15) is 0 Å². The van der Waals surface area contributed by atoms with Crippen LogP contribution in [-0.4, -0.2) is 25.4 Å². The number of rotatable bonds is 6. The van der Waals surface area contributed by atoms with E-state index >= 15 is 0 Å². The van der Waals surface area contributed by atoms with Crippen molar-refractivity contribution in [1.82, 2.24) is 0 Å². The van der Waals surface area contributed by atoms with Crippen molar-refractivity contribution < 1.29 is 9.47 Å². The summed E-state index contributed by atoms with van der Waals surface area (Å²) in [4.78, 5) is 0. The van der Waals surface area contributed by atoms with E-state index < -0.39 is 0 Å². The number of hydrogen-bond acceptors (Lipinski definition) is 3. The van der Waals surface area contributed by atoms with E-state index in [1.54, 1.807) is 6.26 Å². The second-order valence-corrected chi connectivity index (χ2v) is 5.58. The van der Waals surface area contributed by atoms with Crippen LogP contribution in [-0.2, 0) is 9.47 Å². The molecule has 19 heavy (non-hydrogen) atoms. The van der Waals surface area contributed by atoms with Crippen LogP contribution in [0.2, 0.25) is 0 Å². The Hall–Kier alpha value is -0.540. The minimum atomic E-state index is -0.164. The first-order chi connectivity index (χ1) is 9.27. The van der Waals surface area contributed by atoms with Crippen molar-refractivity contribution in [2.24, 2.45) is 5.73 Å². The van der Waals surface area contributed by atoms with Crippen molar-refractivity contribution in [1.29, 1.82) is 0 Å². The third-order valence-electron chi connectivity index (χ3n) is 3.83. The third kappa shape index (κ3) is 8.27. The average Bonchev–Trinajstić information content (AvgIpc) is 2.41. The average molecular weight is 269 g/mol. The Balaban J connectivity index is 2.29. The van der Waals surface area contributed by atoms with Crippen molar-refractivity contribution in [3.63, 3.8) is 0 Å². The van der Waals surface area contributed by atoms with Gasteiger partial charge >= 0.3 is 0 Å². The molecule has 0 amide bonds. The Morgan fingerprint density at radius 2 is 1.53 bits per heavy atom. The van der Waals surface area contributed by atoms with E-state index in [0.29, 0.717) is 13.2 Å². The summed E-state index contributed by atoms with van der Waals surface area (Å²) >= 11 is 0. The molecule has 0 aliphatic heterocycles. The van der Waals surface area contributed by atoms with Gasteiger partial charge in [-0.15, -0.1) is 0 Å². The first-order valence-electron chi connectivity index (χ1n) is 7.93. The minimum absolute atomic E-state index is 0.164. The van der Waals surface area contributed by atoms with Crippen LogP contribution in [0.3, 0.4) is 0 Å². The molecule has 112 valence electrons. The van der Waals surface area contributed by atoms with Gasteiger partial charge in [0.2, 0.25) is 0 Å². The predicted molar refractivity (Wildman–Crippen MR) is 80.1 cm³/mol. The second-order valence-electron chi connectivity index (χ2n) is 5.58. The summed E-state index contributed by atoms with van der Waals surface area (Å²) < 4.78 is 10.7. The van der Waals surface area contributed by atoms with Crippen LogP contribution in [0.1, 0.15) is 64.7 Å². The van der Waals surface area contributed by atoms with Crippen LogP contribution in [0.5, 0.6) is 0 Å². The van der Waals surface area contributed by atoms with Crippen LogP contribution in [0.4, 0.5) is 0 Å². The largest absolute Gasteiger partial charge is 0.499 e. The van der Waals surface area contributed by atoms with Gasteiger partial charge in [0.05, 0.1) is 12.9 Å². The topological polar surface area (TPSA) is 44.5 Å². The highest BCUT2D eigenvalue weighted by molar-refractivity contribution is 5.02. The molecule has 0 heterocycles. The maximum absolute atomic E-state index is 6.49. The van der Waals surface area contributed by atoms with Crippen LogP contribution < -0.4 is 5.73 Å². The van der Waals surface area contributed by atoms with Crippen molar-refractivity contribution in [2.45, 2.75) is 70.3 Å². The predicted octanol–water partition coefficient (Wildman–Crippen LogP) is 3.78. The van der Waals surface area contributed by atoms with Gasteiger partial charge in [0, 0.05) is 12.1 Å². The van der Waals surface area contributed by atoms with Crippen LogP contribution in [0.15, 0.2) is 12.3 Å². The minimum Gasteiger partial charge on any atom is -0.499 e. The van der Waals surface area contributed by atoms with E-state index in [-0.39, 0.29) is 5.54 Å². The van der Waals surface area contributed by atoms with Gasteiger partial charge in [0.25, 0.3) is 0 Å². The van der Waals surface area contributed by atoms with Crippen molar-refractivity contribution >= 4 is 0 Å². The van der Waals surface area contributed by atoms with Gasteiger partial charge in [-0.1, -0.05) is 44.9 Å². The van der Waals surface area contributed by atoms with Gasteiger partial charge in [0.15, 0.2) is 0 Å². The molecule has 1 aliphatic rings. The normalized spacial score (nSPS) is 21.4. The van der Waals surface area contributed by atoms with Gasteiger partial charge in [0.1, 0.15) is 6.61 Å². The zero-order chi connectivity index (χ0) is 13.8. The fourth-order valence-electron chi connectivity index (χ4n) is 2.59. The molecule has 1 rings (SSSR count). The lowest BCUT2D eigenvalue weighted by Gasteiger charge is -2.27. The standard InChI is InChI=1S/C16H31NO2/c1-2-18-14-15-19-13-12-16(17)10-8-6-4-3-5-7-9-11-16/h12-13H,2-11,14-15,17H2,1H3/b13-12-. The molecule has 0 aromatic carbocycles. The first kappa shape index (κ1) is 16.5. The number of nitrogens with two attached hydrogens (primary N) is 1. The SMILES string of the molecule is CCOCCO/C=C\C1(N)CCCCCCCCC1. The maximum Gasteiger partial charge on any atom is 0.111 e. The Morgan fingerprint density at radius 3 is 2.11 bits per heavy atom. The van der Waals surface area contributed by atoms with Crippen LogP contribution in [0.25, 0.3) is 0 Å². The van der Waals surface area contributed by atoms with Crippen LogP contribution in [0, 0.1) is 0 Å². The fourth-order valence-corrected chi connectivity index (χ4v) is 2.59. The molecule has 0 spiro atoms. The monoisotopic (exact) mass is 269 g/mol. The van der Waals surface area contributed by atoms with E-state index in [4.69, 9.17) is 15.2 Å². The smallest absolute Gasteiger partial charge is 0.111 e. The van der Waals surface area contributed by atoms with Gasteiger partial charge < -0.3 is 15.2 Å². The third-order valence-corrected chi connectivity index (χ3v) is 3.83. The summed E-state index contributed by atoms with van der Waals surface area (Å²) in [5.74, 6) is 0. The molecule has 1 fully saturated rings. The molecule has 1 saturated carbocycles. The lowest BCUT2D eigenvalue weighted by atomic mass is 9.86. The lowest BCUT2D eigenvalue weighted by molar-refractivity contribution is 0.0925. The molecule has 0 bridgehead atoms.